The number of nitrogens with one attached hydrogen (secondary N) is 2. The predicted molar refractivity (Wildman–Crippen MR) is 118 cm³/mol. The molecule has 166 valence electrons. The summed E-state index contributed by atoms with van der Waals surface area (Å²) in [5, 5.41) is 17.7. The van der Waals surface area contributed by atoms with Crippen LogP contribution in [-0.2, 0) is 0 Å². The number of tetrazole rings is 1. The molecule has 0 spiro atoms. The summed E-state index contributed by atoms with van der Waals surface area (Å²) in [4.78, 5) is 30.5. The zero-order chi connectivity index (χ0) is 22.3. The molecule has 1 atom stereocenters. The van der Waals surface area contributed by atoms with Gasteiger partial charge in [-0.3, -0.25) is 4.79 Å². The molecular weight excluding hydrogens is 430 g/mol. The van der Waals surface area contributed by atoms with Crippen molar-refractivity contribution in [2.45, 2.75) is 30.2 Å². The van der Waals surface area contributed by atoms with Crippen LogP contribution in [0.15, 0.2) is 53.8 Å². The molecule has 3 heterocycles. The predicted octanol–water partition coefficient (Wildman–Crippen LogP) is 3.24. The molecule has 1 unspecified atom stereocenters. The van der Waals surface area contributed by atoms with Gasteiger partial charge in [-0.1, -0.05) is 36.9 Å². The highest BCUT2D eigenvalue weighted by Crippen LogP contribution is 2.31. The number of nitrogens with zero attached hydrogens (tertiary/aromatic N) is 5. The molecule has 10 nitrogen and oxygen atoms in total. The van der Waals surface area contributed by atoms with Crippen LogP contribution in [0, 0.1) is 5.92 Å². The largest absolute Gasteiger partial charge is 0.416 e. The van der Waals surface area contributed by atoms with Crippen LogP contribution in [0.1, 0.15) is 30.1 Å². The fourth-order valence-electron chi connectivity index (χ4n) is 3.49. The van der Waals surface area contributed by atoms with Crippen LogP contribution >= 0.6 is 11.8 Å². The molecule has 4 rings (SSSR count). The number of ether oxygens (including phenoxy) is 1. The third kappa shape index (κ3) is 5.61. The number of benzene rings is 1. The molecule has 1 aliphatic rings. The first-order valence-electron chi connectivity index (χ1n) is 10.3. The van der Waals surface area contributed by atoms with Gasteiger partial charge in [-0.05, 0) is 47.4 Å². The Morgan fingerprint density at radius 1 is 1.19 bits per heavy atom. The Morgan fingerprint density at radius 2 is 1.97 bits per heavy atom. The van der Waals surface area contributed by atoms with E-state index in [-0.39, 0.29) is 11.8 Å². The van der Waals surface area contributed by atoms with Crippen molar-refractivity contribution >= 4 is 29.4 Å². The van der Waals surface area contributed by atoms with Crippen LogP contribution in [-0.4, -0.2) is 60.8 Å². The van der Waals surface area contributed by atoms with Gasteiger partial charge in [-0.15, -0.1) is 5.10 Å². The Balaban J connectivity index is 1.24. The normalized spacial score (nSPS) is 15.2. The lowest BCUT2D eigenvalue weighted by Gasteiger charge is -2.33. The van der Waals surface area contributed by atoms with Gasteiger partial charge >= 0.3 is 6.09 Å². The molecule has 11 heteroatoms. The zero-order valence-electron chi connectivity index (χ0n) is 17.5. The molecule has 0 bridgehead atoms. The number of anilines is 1. The highest BCUT2D eigenvalue weighted by atomic mass is 32.2. The van der Waals surface area contributed by atoms with Crippen molar-refractivity contribution in [2.75, 3.05) is 18.4 Å². The number of aromatic nitrogens is 5. The minimum Gasteiger partial charge on any atom is -0.391 e. The lowest BCUT2D eigenvalue weighted by molar-refractivity contribution is 0.102. The Bertz CT molecular complexity index is 1020. The highest BCUT2D eigenvalue weighted by Gasteiger charge is 2.28. The van der Waals surface area contributed by atoms with Gasteiger partial charge < -0.3 is 15.0 Å². The van der Waals surface area contributed by atoms with E-state index in [4.69, 9.17) is 4.74 Å². The number of piperidine rings is 1. The molecule has 32 heavy (non-hydrogen) atoms. The van der Waals surface area contributed by atoms with E-state index in [9.17, 15) is 9.59 Å². The molecule has 0 aliphatic carbocycles. The average molecular weight is 454 g/mol. The second kappa shape index (κ2) is 10.2. The van der Waals surface area contributed by atoms with Crippen LogP contribution in [0.3, 0.4) is 0 Å². The van der Waals surface area contributed by atoms with E-state index >= 15 is 0 Å². The van der Waals surface area contributed by atoms with Crippen molar-refractivity contribution in [3.63, 3.8) is 0 Å². The van der Waals surface area contributed by atoms with Gasteiger partial charge in [-0.25, -0.2) is 14.9 Å². The first-order chi connectivity index (χ1) is 15.6. The standard InChI is InChI=1S/C21H23N7O3S/c1-14(32-20-24-26-27-25-20)15-9-11-28(12-10-15)21(30)31-18-8-7-17(13-22-18)23-19(29)16-5-3-2-4-6-16/h2-8,13-15H,9-12H2,1H3,(H,23,29)(H,24,25,26,27). The summed E-state index contributed by atoms with van der Waals surface area (Å²) in [6.07, 6.45) is 2.80. The van der Waals surface area contributed by atoms with Gasteiger partial charge in [0.15, 0.2) is 0 Å². The minimum atomic E-state index is -0.420. The molecule has 1 fully saturated rings. The van der Waals surface area contributed by atoms with E-state index in [1.165, 1.54) is 6.20 Å². The lowest BCUT2D eigenvalue weighted by atomic mass is 9.94. The summed E-state index contributed by atoms with van der Waals surface area (Å²) < 4.78 is 5.41. The number of hydrogen-bond acceptors (Lipinski definition) is 8. The first kappa shape index (κ1) is 21.8. The molecule has 1 aliphatic heterocycles. The van der Waals surface area contributed by atoms with Crippen LogP contribution in [0.5, 0.6) is 5.88 Å². The molecule has 2 N–H and O–H groups in total. The number of aromatic amines is 1. The number of thioether (sulfide) groups is 1. The quantitative estimate of drug-likeness (QED) is 0.545. The molecule has 1 saturated heterocycles. The first-order valence-corrected chi connectivity index (χ1v) is 11.2. The van der Waals surface area contributed by atoms with Crippen LogP contribution < -0.4 is 10.1 Å². The van der Waals surface area contributed by atoms with E-state index in [1.54, 1.807) is 53.1 Å². The van der Waals surface area contributed by atoms with Crippen molar-refractivity contribution in [3.05, 3.63) is 54.2 Å². The number of carbonyl (C=O) groups excluding carboxylic acids is 2. The van der Waals surface area contributed by atoms with Crippen molar-refractivity contribution in [1.82, 2.24) is 30.5 Å². The van der Waals surface area contributed by atoms with Crippen molar-refractivity contribution in [3.8, 4) is 5.88 Å². The number of pyridine rings is 1. The maximum Gasteiger partial charge on any atom is 0.416 e. The fourth-order valence-corrected chi connectivity index (χ4v) is 4.48. The van der Waals surface area contributed by atoms with E-state index in [0.717, 1.165) is 12.8 Å². The van der Waals surface area contributed by atoms with Crippen molar-refractivity contribution < 1.29 is 14.3 Å². The van der Waals surface area contributed by atoms with Gasteiger partial charge in [0.2, 0.25) is 11.0 Å². The maximum absolute atomic E-state index is 12.5. The third-order valence-electron chi connectivity index (χ3n) is 5.31. The summed E-state index contributed by atoms with van der Waals surface area (Å²) in [5.74, 6) is 0.420. The molecule has 1 aromatic carbocycles. The third-order valence-corrected chi connectivity index (χ3v) is 6.46. The summed E-state index contributed by atoms with van der Waals surface area (Å²) in [7, 11) is 0. The van der Waals surface area contributed by atoms with Gasteiger partial charge in [0, 0.05) is 30.0 Å². The molecule has 0 saturated carbocycles. The number of H-pyrrole nitrogens is 1. The van der Waals surface area contributed by atoms with Crippen LogP contribution in [0.2, 0.25) is 0 Å². The smallest absolute Gasteiger partial charge is 0.391 e. The average Bonchev–Trinajstić information content (AvgIpc) is 3.34. The second-order valence-corrected chi connectivity index (χ2v) is 8.79. The summed E-state index contributed by atoms with van der Waals surface area (Å²) in [6.45, 7) is 3.39. The monoisotopic (exact) mass is 453 g/mol. The number of rotatable bonds is 6. The number of likely N-dealkylation sites (tertiary alicyclic amines) is 1. The van der Waals surface area contributed by atoms with Crippen LogP contribution in [0.4, 0.5) is 10.5 Å². The molecule has 2 amide bonds. The topological polar surface area (TPSA) is 126 Å². The molecule has 2 aromatic heterocycles. The lowest BCUT2D eigenvalue weighted by Crippen LogP contribution is -2.41. The molecule has 3 aromatic rings. The maximum atomic E-state index is 12.5. The Labute approximate surface area is 189 Å². The van der Waals surface area contributed by atoms with E-state index in [1.807, 2.05) is 6.07 Å². The van der Waals surface area contributed by atoms with Crippen molar-refractivity contribution in [1.29, 1.82) is 0 Å². The van der Waals surface area contributed by atoms with Gasteiger partial charge in [0.1, 0.15) is 0 Å². The SMILES string of the molecule is CC(Sc1nnn[nH]1)C1CCN(C(=O)Oc2ccc(NC(=O)c3ccccc3)cn2)CC1. The summed E-state index contributed by atoms with van der Waals surface area (Å²) in [5.41, 5.74) is 1.07. The Morgan fingerprint density at radius 3 is 2.62 bits per heavy atom. The molecular formula is C21H23N7O3S. The fraction of sp³-hybridized carbons (Fsp3) is 0.333. The zero-order valence-corrected chi connectivity index (χ0v) is 18.3. The summed E-state index contributed by atoms with van der Waals surface area (Å²) in [6, 6.07) is 12.1. The number of amides is 2. The number of hydrogen-bond donors (Lipinski definition) is 2. The van der Waals surface area contributed by atoms with E-state index in [2.05, 4.69) is 37.8 Å². The van der Waals surface area contributed by atoms with Crippen LogP contribution in [0.25, 0.3) is 0 Å². The van der Waals surface area contributed by atoms with Gasteiger partial charge in [-0.2, -0.15) is 0 Å². The summed E-state index contributed by atoms with van der Waals surface area (Å²) >= 11 is 1.61. The van der Waals surface area contributed by atoms with Gasteiger partial charge in [0.05, 0.1) is 11.9 Å². The van der Waals surface area contributed by atoms with Gasteiger partial charge in [0.25, 0.3) is 5.91 Å². The minimum absolute atomic E-state index is 0.191. The number of carbonyl (C=O) groups is 2. The van der Waals surface area contributed by atoms with E-state index in [0.29, 0.717) is 40.7 Å². The van der Waals surface area contributed by atoms with Crippen molar-refractivity contribution in [2.24, 2.45) is 5.92 Å². The Hall–Kier alpha value is -3.47. The van der Waals surface area contributed by atoms with E-state index < -0.39 is 6.09 Å². The second-order valence-electron chi connectivity index (χ2n) is 7.43. The highest BCUT2D eigenvalue weighted by molar-refractivity contribution is 7.99. The molecule has 0 radical (unpaired) electrons. The Kier molecular flexibility index (Phi) is 6.95.